The highest BCUT2D eigenvalue weighted by Crippen LogP contribution is 2.30. The van der Waals surface area contributed by atoms with Crippen molar-refractivity contribution in [2.75, 3.05) is 5.23 Å². The molecular formula is C7H6F3NO2. The van der Waals surface area contributed by atoms with Gasteiger partial charge in [-0.1, -0.05) is 6.07 Å². The minimum Gasteiger partial charge on any atom is -0.264 e. The first kappa shape index (κ1) is 9.82. The zero-order valence-electron chi connectivity index (χ0n) is 6.28. The van der Waals surface area contributed by atoms with E-state index in [2.05, 4.69) is 0 Å². The molecule has 13 heavy (non-hydrogen) atoms. The second kappa shape index (κ2) is 3.23. The zero-order valence-corrected chi connectivity index (χ0v) is 6.28. The lowest BCUT2D eigenvalue weighted by Crippen LogP contribution is -2.12. The molecule has 0 fully saturated rings. The molecule has 1 aromatic rings. The Labute approximate surface area is 71.5 Å². The molecule has 0 radical (unpaired) electrons. The predicted molar refractivity (Wildman–Crippen MR) is 37.5 cm³/mol. The van der Waals surface area contributed by atoms with Gasteiger partial charge in [0.2, 0.25) is 0 Å². The van der Waals surface area contributed by atoms with Gasteiger partial charge >= 0.3 is 6.18 Å². The molecule has 0 aliphatic heterocycles. The Hall–Kier alpha value is -1.27. The van der Waals surface area contributed by atoms with Crippen LogP contribution in [0.25, 0.3) is 0 Å². The summed E-state index contributed by atoms with van der Waals surface area (Å²) >= 11 is 0. The first-order valence-electron chi connectivity index (χ1n) is 3.26. The third kappa shape index (κ3) is 2.33. The summed E-state index contributed by atoms with van der Waals surface area (Å²) in [6.45, 7) is 0. The molecule has 0 aromatic heterocycles. The number of nitrogens with zero attached hydrogens (tertiary/aromatic N) is 1. The Morgan fingerprint density at radius 2 is 1.77 bits per heavy atom. The third-order valence-corrected chi connectivity index (χ3v) is 1.40. The molecule has 0 saturated carbocycles. The lowest BCUT2D eigenvalue weighted by atomic mass is 10.2. The Balaban J connectivity index is 3.06. The fourth-order valence-electron chi connectivity index (χ4n) is 0.807. The minimum absolute atomic E-state index is 0.338. The number of anilines is 1. The van der Waals surface area contributed by atoms with E-state index in [0.717, 1.165) is 18.2 Å². The molecule has 6 heteroatoms. The van der Waals surface area contributed by atoms with Crippen molar-refractivity contribution in [1.29, 1.82) is 0 Å². The van der Waals surface area contributed by atoms with E-state index in [9.17, 15) is 13.2 Å². The quantitative estimate of drug-likeness (QED) is 0.672. The van der Waals surface area contributed by atoms with Crippen molar-refractivity contribution in [1.82, 2.24) is 0 Å². The van der Waals surface area contributed by atoms with Gasteiger partial charge in [0.15, 0.2) is 0 Å². The van der Waals surface area contributed by atoms with E-state index in [4.69, 9.17) is 10.4 Å². The van der Waals surface area contributed by atoms with Crippen LogP contribution in [0.4, 0.5) is 18.9 Å². The molecule has 0 saturated heterocycles. The lowest BCUT2D eigenvalue weighted by molar-refractivity contribution is -0.137. The van der Waals surface area contributed by atoms with E-state index in [0.29, 0.717) is 6.07 Å². The number of benzene rings is 1. The summed E-state index contributed by atoms with van der Waals surface area (Å²) in [5, 5.41) is 16.5. The average molecular weight is 193 g/mol. The van der Waals surface area contributed by atoms with Gasteiger partial charge in [0, 0.05) is 0 Å². The van der Waals surface area contributed by atoms with Crippen LogP contribution in [0, 0.1) is 0 Å². The van der Waals surface area contributed by atoms with Crippen LogP contribution in [0.3, 0.4) is 0 Å². The first-order chi connectivity index (χ1) is 5.91. The summed E-state index contributed by atoms with van der Waals surface area (Å²) in [4.78, 5) is 0. The predicted octanol–water partition coefficient (Wildman–Crippen LogP) is 2.29. The van der Waals surface area contributed by atoms with Gasteiger partial charge in [-0.3, -0.25) is 10.4 Å². The standard InChI is InChI=1S/C7H6F3NO2/c8-7(9,10)5-2-1-3-6(4-5)11(12)13/h1-4,12-13H. The SMILES string of the molecule is ON(O)c1cccc(C(F)(F)F)c1. The number of halogens is 3. The van der Waals surface area contributed by atoms with E-state index in [-0.39, 0.29) is 10.9 Å². The van der Waals surface area contributed by atoms with Crippen molar-refractivity contribution in [2.45, 2.75) is 6.18 Å². The summed E-state index contributed by atoms with van der Waals surface area (Å²) in [5.41, 5.74) is -1.27. The van der Waals surface area contributed by atoms with Crippen molar-refractivity contribution in [3.8, 4) is 0 Å². The summed E-state index contributed by atoms with van der Waals surface area (Å²) < 4.78 is 36.1. The van der Waals surface area contributed by atoms with E-state index < -0.39 is 11.7 Å². The largest absolute Gasteiger partial charge is 0.416 e. The van der Waals surface area contributed by atoms with Crippen LogP contribution >= 0.6 is 0 Å². The topological polar surface area (TPSA) is 43.7 Å². The second-order valence-corrected chi connectivity index (χ2v) is 2.34. The van der Waals surface area contributed by atoms with Crippen LogP contribution in [0.15, 0.2) is 24.3 Å². The Kier molecular flexibility index (Phi) is 2.44. The number of alkyl halides is 3. The van der Waals surface area contributed by atoms with E-state index in [1.54, 1.807) is 0 Å². The maximum atomic E-state index is 12.0. The van der Waals surface area contributed by atoms with Gasteiger partial charge in [-0.05, 0) is 18.2 Å². The monoisotopic (exact) mass is 193 g/mol. The number of hydrogen-bond acceptors (Lipinski definition) is 3. The molecule has 2 N–H and O–H groups in total. The highest BCUT2D eigenvalue weighted by atomic mass is 19.4. The molecule has 0 bridgehead atoms. The normalized spacial score (nSPS) is 11.5. The van der Waals surface area contributed by atoms with Gasteiger partial charge in [0.05, 0.1) is 11.3 Å². The van der Waals surface area contributed by atoms with Gasteiger partial charge in [-0.25, -0.2) is 0 Å². The molecule has 0 aliphatic rings. The molecule has 0 aliphatic carbocycles. The maximum absolute atomic E-state index is 12.0. The smallest absolute Gasteiger partial charge is 0.264 e. The molecule has 0 heterocycles. The average Bonchev–Trinajstić information content (AvgIpc) is 2.03. The summed E-state index contributed by atoms with van der Waals surface area (Å²) in [5.74, 6) is 0. The Bertz CT molecular complexity index is 298. The summed E-state index contributed by atoms with van der Waals surface area (Å²) in [6.07, 6.45) is -4.48. The van der Waals surface area contributed by atoms with Crippen LogP contribution in [0.1, 0.15) is 5.56 Å². The molecule has 0 spiro atoms. The van der Waals surface area contributed by atoms with Crippen molar-refractivity contribution >= 4 is 5.69 Å². The molecule has 1 rings (SSSR count). The highest BCUT2D eigenvalue weighted by Gasteiger charge is 2.30. The fraction of sp³-hybridized carbons (Fsp3) is 0.143. The van der Waals surface area contributed by atoms with Crippen LogP contribution < -0.4 is 5.23 Å². The third-order valence-electron chi connectivity index (χ3n) is 1.40. The Morgan fingerprint density at radius 1 is 1.15 bits per heavy atom. The number of rotatable bonds is 1. The second-order valence-electron chi connectivity index (χ2n) is 2.34. The van der Waals surface area contributed by atoms with Crippen LogP contribution in [0.2, 0.25) is 0 Å². The van der Waals surface area contributed by atoms with Gasteiger partial charge in [-0.15, -0.1) is 5.23 Å². The van der Waals surface area contributed by atoms with Crippen LogP contribution in [-0.2, 0) is 6.18 Å². The lowest BCUT2D eigenvalue weighted by Gasteiger charge is -2.11. The molecule has 1 aromatic carbocycles. The first-order valence-corrected chi connectivity index (χ1v) is 3.26. The van der Waals surface area contributed by atoms with Gasteiger partial charge in [0.25, 0.3) is 0 Å². The van der Waals surface area contributed by atoms with Gasteiger partial charge in [-0.2, -0.15) is 13.2 Å². The van der Waals surface area contributed by atoms with Crippen LogP contribution in [-0.4, -0.2) is 10.4 Å². The van der Waals surface area contributed by atoms with Crippen molar-refractivity contribution in [3.63, 3.8) is 0 Å². The molecule has 3 nitrogen and oxygen atoms in total. The van der Waals surface area contributed by atoms with Crippen LogP contribution in [0.5, 0.6) is 0 Å². The molecular weight excluding hydrogens is 187 g/mol. The number of hydrogen-bond donors (Lipinski definition) is 2. The van der Waals surface area contributed by atoms with Crippen molar-refractivity contribution in [3.05, 3.63) is 29.8 Å². The summed E-state index contributed by atoms with van der Waals surface area (Å²) in [6, 6.07) is 3.68. The summed E-state index contributed by atoms with van der Waals surface area (Å²) in [7, 11) is 0. The maximum Gasteiger partial charge on any atom is 0.416 e. The molecule has 0 amide bonds. The van der Waals surface area contributed by atoms with Crippen molar-refractivity contribution < 1.29 is 23.6 Å². The van der Waals surface area contributed by atoms with Gasteiger partial charge < -0.3 is 0 Å². The minimum atomic E-state index is -4.48. The van der Waals surface area contributed by atoms with Gasteiger partial charge in [0.1, 0.15) is 0 Å². The molecule has 72 valence electrons. The van der Waals surface area contributed by atoms with E-state index in [1.807, 2.05) is 0 Å². The van der Waals surface area contributed by atoms with E-state index in [1.165, 1.54) is 0 Å². The highest BCUT2D eigenvalue weighted by molar-refractivity contribution is 5.44. The van der Waals surface area contributed by atoms with Crippen molar-refractivity contribution in [2.24, 2.45) is 0 Å². The zero-order chi connectivity index (χ0) is 10.1. The molecule has 0 unspecified atom stereocenters. The Morgan fingerprint density at radius 3 is 2.23 bits per heavy atom. The fourth-order valence-corrected chi connectivity index (χ4v) is 0.807. The van der Waals surface area contributed by atoms with E-state index >= 15 is 0 Å². The molecule has 0 atom stereocenters.